The zero-order valence-corrected chi connectivity index (χ0v) is 23.5. The number of hydrogen-bond acceptors (Lipinski definition) is 9. The van der Waals surface area contributed by atoms with E-state index in [4.69, 9.17) is 9.47 Å². The number of amides is 2. The Kier molecular flexibility index (Phi) is 9.18. The van der Waals surface area contributed by atoms with Crippen molar-refractivity contribution in [1.82, 2.24) is 4.57 Å². The minimum atomic E-state index is -0.443. The first-order chi connectivity index (χ1) is 18.4. The fourth-order valence-electron chi connectivity index (χ4n) is 4.15. The highest BCUT2D eigenvalue weighted by molar-refractivity contribution is 8.00. The first-order valence-electron chi connectivity index (χ1n) is 12.0. The van der Waals surface area contributed by atoms with Crippen LogP contribution in [0.25, 0.3) is 10.2 Å². The van der Waals surface area contributed by atoms with Crippen molar-refractivity contribution in [2.75, 3.05) is 30.5 Å². The molecule has 3 aromatic rings. The molecule has 2 amide bonds. The monoisotopic (exact) mass is 573 g/mol. The van der Waals surface area contributed by atoms with Crippen molar-refractivity contribution in [3.05, 3.63) is 57.2 Å². The summed E-state index contributed by atoms with van der Waals surface area (Å²) in [6, 6.07) is 5.16. The molecule has 0 unspecified atom stereocenters. The first kappa shape index (κ1) is 27.8. The third kappa shape index (κ3) is 6.08. The van der Waals surface area contributed by atoms with E-state index in [9.17, 15) is 19.2 Å². The molecule has 0 radical (unpaired) electrons. The summed E-state index contributed by atoms with van der Waals surface area (Å²) in [5, 5.41) is 3.34. The van der Waals surface area contributed by atoms with Crippen LogP contribution in [0.2, 0.25) is 0 Å². The van der Waals surface area contributed by atoms with E-state index in [1.165, 1.54) is 29.8 Å². The van der Waals surface area contributed by atoms with Crippen molar-refractivity contribution in [2.45, 2.75) is 32.7 Å². The van der Waals surface area contributed by atoms with E-state index in [-0.39, 0.29) is 29.9 Å². The SMILES string of the molecule is C=CCn1c(=NC(=O)CSCC(=O)Nc2sc3c(c2C(=O)OCC)CCC3)sc2cc(C(=O)OC)ccc21. The van der Waals surface area contributed by atoms with Crippen LogP contribution in [0.3, 0.4) is 0 Å². The smallest absolute Gasteiger partial charge is 0.341 e. The molecule has 2 aromatic heterocycles. The molecule has 2 heterocycles. The topological polar surface area (TPSA) is 116 Å². The lowest BCUT2D eigenvalue weighted by atomic mass is 10.1. The molecule has 1 N–H and O–H groups in total. The molecule has 0 atom stereocenters. The second-order valence-corrected chi connectivity index (χ2v) is 11.4. The van der Waals surface area contributed by atoms with Gasteiger partial charge in [0.25, 0.3) is 5.91 Å². The van der Waals surface area contributed by atoms with E-state index in [0.29, 0.717) is 27.5 Å². The third-order valence-corrected chi connectivity index (χ3v) is 8.91. The molecule has 0 bridgehead atoms. The van der Waals surface area contributed by atoms with Crippen molar-refractivity contribution in [3.63, 3.8) is 0 Å². The van der Waals surface area contributed by atoms with E-state index in [0.717, 1.165) is 51.7 Å². The lowest BCUT2D eigenvalue weighted by Gasteiger charge is -2.07. The Balaban J connectivity index is 1.42. The molecule has 200 valence electrons. The Morgan fingerprint density at radius 3 is 2.74 bits per heavy atom. The lowest BCUT2D eigenvalue weighted by Crippen LogP contribution is -2.19. The Morgan fingerprint density at radius 1 is 1.18 bits per heavy atom. The highest BCUT2D eigenvalue weighted by atomic mass is 32.2. The fourth-order valence-corrected chi connectivity index (χ4v) is 7.14. The largest absolute Gasteiger partial charge is 0.465 e. The van der Waals surface area contributed by atoms with Gasteiger partial charge < -0.3 is 19.4 Å². The van der Waals surface area contributed by atoms with Gasteiger partial charge in [-0.25, -0.2) is 9.59 Å². The Bertz CT molecular complexity index is 1480. The van der Waals surface area contributed by atoms with E-state index < -0.39 is 11.9 Å². The molecule has 0 fully saturated rings. The zero-order valence-electron chi connectivity index (χ0n) is 21.0. The molecule has 1 aromatic carbocycles. The second kappa shape index (κ2) is 12.5. The van der Waals surface area contributed by atoms with E-state index in [1.54, 1.807) is 31.2 Å². The van der Waals surface area contributed by atoms with Gasteiger partial charge in [-0.05, 0) is 49.9 Å². The predicted molar refractivity (Wildman–Crippen MR) is 150 cm³/mol. The Labute approximate surface area is 231 Å². The van der Waals surface area contributed by atoms with Gasteiger partial charge >= 0.3 is 11.9 Å². The number of thioether (sulfide) groups is 1. The minimum absolute atomic E-state index is 0.00877. The molecular weight excluding hydrogens is 547 g/mol. The maximum Gasteiger partial charge on any atom is 0.341 e. The number of aromatic nitrogens is 1. The molecule has 12 heteroatoms. The number of aryl methyl sites for hydroxylation is 1. The van der Waals surface area contributed by atoms with Crippen molar-refractivity contribution in [3.8, 4) is 0 Å². The summed E-state index contributed by atoms with van der Waals surface area (Å²) in [7, 11) is 1.32. The van der Waals surface area contributed by atoms with Crippen molar-refractivity contribution >= 4 is 73.4 Å². The van der Waals surface area contributed by atoms with Crippen LogP contribution in [-0.2, 0) is 38.4 Å². The number of thiazole rings is 1. The Morgan fingerprint density at radius 2 is 2.00 bits per heavy atom. The summed E-state index contributed by atoms with van der Waals surface area (Å²) in [4.78, 5) is 55.5. The Hall–Kier alpha value is -3.22. The van der Waals surface area contributed by atoms with Crippen LogP contribution in [0.4, 0.5) is 5.00 Å². The van der Waals surface area contributed by atoms with Crippen LogP contribution in [0.15, 0.2) is 35.8 Å². The zero-order chi connectivity index (χ0) is 27.2. The molecule has 0 aliphatic heterocycles. The number of rotatable bonds is 10. The van der Waals surface area contributed by atoms with Crippen molar-refractivity contribution in [1.29, 1.82) is 0 Å². The highest BCUT2D eigenvalue weighted by Gasteiger charge is 2.28. The summed E-state index contributed by atoms with van der Waals surface area (Å²) in [5.41, 5.74) is 2.66. The molecule has 0 spiro atoms. The summed E-state index contributed by atoms with van der Waals surface area (Å²) in [6.07, 6.45) is 4.38. The van der Waals surface area contributed by atoms with Gasteiger partial charge in [0, 0.05) is 11.4 Å². The number of ether oxygens (including phenoxy) is 2. The van der Waals surface area contributed by atoms with Crippen molar-refractivity contribution in [2.24, 2.45) is 4.99 Å². The molecule has 0 saturated heterocycles. The molecular formula is C26H27N3O6S3. The average Bonchev–Trinajstić information content (AvgIpc) is 3.56. The number of carbonyl (C=O) groups excluding carboxylic acids is 4. The summed E-state index contributed by atoms with van der Waals surface area (Å²) in [6.45, 7) is 6.22. The number of fused-ring (bicyclic) bond motifs is 2. The van der Waals surface area contributed by atoms with Gasteiger partial charge in [-0.1, -0.05) is 17.4 Å². The van der Waals surface area contributed by atoms with Crippen LogP contribution >= 0.6 is 34.4 Å². The molecule has 38 heavy (non-hydrogen) atoms. The molecule has 9 nitrogen and oxygen atoms in total. The van der Waals surface area contributed by atoms with E-state index in [1.807, 2.05) is 4.57 Å². The second-order valence-electron chi connectivity index (χ2n) is 8.29. The molecule has 1 aliphatic rings. The number of allylic oxidation sites excluding steroid dienone is 1. The van der Waals surface area contributed by atoms with Crippen LogP contribution in [-0.4, -0.2) is 53.5 Å². The van der Waals surface area contributed by atoms with Gasteiger partial charge in [0.2, 0.25) is 5.91 Å². The van der Waals surface area contributed by atoms with Gasteiger partial charge in [0.15, 0.2) is 4.80 Å². The highest BCUT2D eigenvalue weighted by Crippen LogP contribution is 2.39. The van der Waals surface area contributed by atoms with Crippen molar-refractivity contribution < 1.29 is 28.7 Å². The summed E-state index contributed by atoms with van der Waals surface area (Å²) < 4.78 is 12.6. The number of nitrogens with one attached hydrogen (secondary N) is 1. The van der Waals surface area contributed by atoms with Crippen LogP contribution in [0, 0.1) is 0 Å². The normalized spacial score (nSPS) is 12.8. The van der Waals surface area contributed by atoms with Gasteiger partial charge in [0.1, 0.15) is 5.00 Å². The van der Waals surface area contributed by atoms with E-state index in [2.05, 4.69) is 16.9 Å². The number of benzene rings is 1. The maximum absolute atomic E-state index is 12.6. The number of thiophene rings is 1. The van der Waals surface area contributed by atoms with Gasteiger partial charge in [-0.15, -0.1) is 29.7 Å². The average molecular weight is 574 g/mol. The van der Waals surface area contributed by atoms with Gasteiger partial charge in [-0.3, -0.25) is 9.59 Å². The van der Waals surface area contributed by atoms with Crippen LogP contribution in [0.1, 0.15) is 44.5 Å². The number of anilines is 1. The standard InChI is InChI=1S/C26H27N3O6S3/c1-4-11-29-17-10-9-15(24(32)34-3)12-19(17)38-26(29)28-21(31)14-36-13-20(30)27-23-22(25(33)35-5-2)16-7-6-8-18(16)37-23/h4,9-10,12H,1,5-8,11,13-14H2,2-3H3,(H,27,30). The van der Waals surface area contributed by atoms with Crippen LogP contribution < -0.4 is 10.1 Å². The molecule has 0 saturated carbocycles. The molecule has 4 rings (SSSR count). The predicted octanol–water partition coefficient (Wildman–Crippen LogP) is 4.20. The van der Waals surface area contributed by atoms with E-state index >= 15 is 0 Å². The number of methoxy groups -OCH3 is 1. The number of hydrogen-bond donors (Lipinski definition) is 1. The van der Waals surface area contributed by atoms with Gasteiger partial charge in [0.05, 0.1) is 46.6 Å². The third-order valence-electron chi connectivity index (χ3n) is 5.75. The number of esters is 2. The minimum Gasteiger partial charge on any atom is -0.465 e. The van der Waals surface area contributed by atoms with Crippen LogP contribution in [0.5, 0.6) is 0 Å². The maximum atomic E-state index is 12.6. The summed E-state index contributed by atoms with van der Waals surface area (Å²) >= 11 is 3.85. The molecule has 1 aliphatic carbocycles. The quantitative estimate of drug-likeness (QED) is 0.285. The first-order valence-corrected chi connectivity index (χ1v) is 14.7. The summed E-state index contributed by atoms with van der Waals surface area (Å²) in [5.74, 6) is -1.50. The fraction of sp³-hybridized carbons (Fsp3) is 0.346. The lowest BCUT2D eigenvalue weighted by molar-refractivity contribution is -0.115. The number of nitrogens with zero attached hydrogens (tertiary/aromatic N) is 2. The number of carbonyl (C=O) groups is 4. The van der Waals surface area contributed by atoms with Gasteiger partial charge in [-0.2, -0.15) is 4.99 Å².